The van der Waals surface area contributed by atoms with Crippen LogP contribution in [0, 0.1) is 20.8 Å². The number of carbonyl (C=O) groups excluding carboxylic acids is 2. The molecule has 0 unspecified atom stereocenters. The minimum absolute atomic E-state index is 0.199. The summed E-state index contributed by atoms with van der Waals surface area (Å²) in [6.07, 6.45) is 1.53. The van der Waals surface area contributed by atoms with Crippen LogP contribution in [0.1, 0.15) is 70.2 Å². The summed E-state index contributed by atoms with van der Waals surface area (Å²) in [5.41, 5.74) is 3.96. The molecule has 0 aliphatic heterocycles. The molecule has 25 heavy (non-hydrogen) atoms. The number of nitrogens with one attached hydrogen (secondary N) is 2. The Hall–Kier alpha value is -2.57. The highest BCUT2D eigenvalue weighted by Gasteiger charge is 2.25. The van der Waals surface area contributed by atoms with E-state index < -0.39 is 5.97 Å². The molecular formula is C18H26N4O3. The Morgan fingerprint density at radius 2 is 1.88 bits per heavy atom. The molecule has 2 N–H and O–H groups in total. The molecule has 1 atom stereocenters. The van der Waals surface area contributed by atoms with Crippen LogP contribution in [-0.4, -0.2) is 32.7 Å². The van der Waals surface area contributed by atoms with E-state index in [1.165, 1.54) is 0 Å². The van der Waals surface area contributed by atoms with Gasteiger partial charge in [-0.1, -0.05) is 0 Å². The average molecular weight is 346 g/mol. The smallest absolute Gasteiger partial charge is 0.340 e. The predicted octanol–water partition coefficient (Wildman–Crippen LogP) is 2.73. The molecule has 2 heterocycles. The number of aryl methyl sites for hydroxylation is 2. The predicted molar refractivity (Wildman–Crippen MR) is 94.6 cm³/mol. The number of H-pyrrole nitrogens is 1. The number of amides is 1. The summed E-state index contributed by atoms with van der Waals surface area (Å²) in [5, 5.41) is 7.15. The van der Waals surface area contributed by atoms with Crippen LogP contribution >= 0.6 is 0 Å². The number of esters is 1. The molecule has 2 aromatic heterocycles. The second-order valence-corrected chi connectivity index (χ2v) is 6.58. The summed E-state index contributed by atoms with van der Waals surface area (Å²) in [4.78, 5) is 27.9. The Labute approximate surface area is 147 Å². The molecule has 0 fully saturated rings. The molecule has 0 aliphatic rings. The molecule has 0 saturated heterocycles. The summed E-state index contributed by atoms with van der Waals surface area (Å²) >= 11 is 0. The summed E-state index contributed by atoms with van der Waals surface area (Å²) in [5.74, 6) is -0.684. The molecular weight excluding hydrogens is 320 g/mol. The SMILES string of the molecule is Cc1[nH]c(C(=O)N[C@@H](C)c2cnn(C)c2C)c(C)c1C(=O)OC(C)C. The zero-order chi connectivity index (χ0) is 18.9. The summed E-state index contributed by atoms with van der Waals surface area (Å²) in [6.45, 7) is 10.9. The van der Waals surface area contributed by atoms with E-state index in [0.717, 1.165) is 11.3 Å². The van der Waals surface area contributed by atoms with Crippen LogP contribution in [0.4, 0.5) is 0 Å². The van der Waals surface area contributed by atoms with Crippen LogP contribution in [0.2, 0.25) is 0 Å². The van der Waals surface area contributed by atoms with Crippen molar-refractivity contribution in [2.24, 2.45) is 7.05 Å². The number of hydrogen-bond donors (Lipinski definition) is 2. The third-order valence-corrected chi connectivity index (χ3v) is 4.30. The van der Waals surface area contributed by atoms with E-state index in [4.69, 9.17) is 4.74 Å². The minimum atomic E-state index is -0.420. The first-order valence-corrected chi connectivity index (χ1v) is 8.33. The Bertz CT molecular complexity index is 802. The monoisotopic (exact) mass is 346 g/mol. The van der Waals surface area contributed by atoms with Crippen molar-refractivity contribution in [2.75, 3.05) is 0 Å². The van der Waals surface area contributed by atoms with Crippen LogP contribution in [-0.2, 0) is 11.8 Å². The summed E-state index contributed by atoms with van der Waals surface area (Å²) in [6, 6.07) is -0.199. The molecule has 0 radical (unpaired) electrons. The van der Waals surface area contributed by atoms with E-state index in [0.29, 0.717) is 22.5 Å². The fourth-order valence-electron chi connectivity index (χ4n) is 2.84. The lowest BCUT2D eigenvalue weighted by Crippen LogP contribution is -2.28. The molecule has 0 aliphatic carbocycles. The maximum Gasteiger partial charge on any atom is 0.340 e. The van der Waals surface area contributed by atoms with Crippen molar-refractivity contribution in [2.45, 2.75) is 53.7 Å². The Morgan fingerprint density at radius 1 is 1.24 bits per heavy atom. The second kappa shape index (κ2) is 7.13. The lowest BCUT2D eigenvalue weighted by Gasteiger charge is -2.13. The van der Waals surface area contributed by atoms with Crippen molar-refractivity contribution in [3.05, 3.63) is 40.0 Å². The molecule has 2 aromatic rings. The second-order valence-electron chi connectivity index (χ2n) is 6.58. The van der Waals surface area contributed by atoms with Gasteiger partial charge in [-0.2, -0.15) is 5.10 Å². The van der Waals surface area contributed by atoms with Gasteiger partial charge in [-0.25, -0.2) is 4.79 Å². The molecule has 2 rings (SSSR count). The summed E-state index contributed by atoms with van der Waals surface area (Å²) < 4.78 is 7.02. The van der Waals surface area contributed by atoms with Gasteiger partial charge in [-0.15, -0.1) is 0 Å². The van der Waals surface area contributed by atoms with Gasteiger partial charge in [0.05, 0.1) is 23.9 Å². The molecule has 7 heteroatoms. The van der Waals surface area contributed by atoms with Gasteiger partial charge in [0.1, 0.15) is 5.69 Å². The maximum atomic E-state index is 12.7. The van der Waals surface area contributed by atoms with Crippen LogP contribution in [0.15, 0.2) is 6.20 Å². The molecule has 0 saturated carbocycles. The topological polar surface area (TPSA) is 89.0 Å². The number of nitrogens with zero attached hydrogens (tertiary/aromatic N) is 2. The van der Waals surface area contributed by atoms with Gasteiger partial charge >= 0.3 is 5.97 Å². The van der Waals surface area contributed by atoms with Crippen molar-refractivity contribution in [1.29, 1.82) is 0 Å². The van der Waals surface area contributed by atoms with Gasteiger partial charge in [-0.3, -0.25) is 9.48 Å². The van der Waals surface area contributed by atoms with Crippen LogP contribution in [0.5, 0.6) is 0 Å². The molecule has 0 bridgehead atoms. The highest BCUT2D eigenvalue weighted by molar-refractivity contribution is 6.00. The van der Waals surface area contributed by atoms with Crippen molar-refractivity contribution in [3.63, 3.8) is 0 Å². The highest BCUT2D eigenvalue weighted by atomic mass is 16.5. The largest absolute Gasteiger partial charge is 0.459 e. The Kier molecular flexibility index (Phi) is 5.35. The van der Waals surface area contributed by atoms with Crippen LogP contribution < -0.4 is 5.32 Å². The first-order chi connectivity index (χ1) is 11.6. The molecule has 7 nitrogen and oxygen atoms in total. The van der Waals surface area contributed by atoms with Crippen molar-refractivity contribution in [3.8, 4) is 0 Å². The van der Waals surface area contributed by atoms with Gasteiger partial charge in [0, 0.05) is 24.0 Å². The van der Waals surface area contributed by atoms with Gasteiger partial charge in [0.2, 0.25) is 0 Å². The molecule has 136 valence electrons. The van der Waals surface area contributed by atoms with Crippen LogP contribution in [0.3, 0.4) is 0 Å². The zero-order valence-corrected chi connectivity index (χ0v) is 15.9. The third-order valence-electron chi connectivity index (χ3n) is 4.30. The zero-order valence-electron chi connectivity index (χ0n) is 15.9. The summed E-state index contributed by atoms with van der Waals surface area (Å²) in [7, 11) is 1.86. The van der Waals surface area contributed by atoms with Gasteiger partial charge in [-0.05, 0) is 47.1 Å². The molecule has 0 aromatic carbocycles. The van der Waals surface area contributed by atoms with E-state index in [-0.39, 0.29) is 18.1 Å². The van der Waals surface area contributed by atoms with Crippen molar-refractivity contribution in [1.82, 2.24) is 20.1 Å². The molecule has 0 spiro atoms. The minimum Gasteiger partial charge on any atom is -0.459 e. The number of carbonyl (C=O) groups is 2. The molecule has 1 amide bonds. The standard InChI is InChI=1S/C18H26N4O3/c1-9(2)25-18(24)15-10(3)16(20-12(15)5)17(23)21-11(4)14-8-19-22(7)13(14)6/h8-9,11,20H,1-7H3,(H,21,23)/t11-/m0/s1. The number of ether oxygens (including phenoxy) is 1. The lowest BCUT2D eigenvalue weighted by molar-refractivity contribution is 0.0376. The van der Waals surface area contributed by atoms with Crippen molar-refractivity contribution < 1.29 is 14.3 Å². The first-order valence-electron chi connectivity index (χ1n) is 8.33. The van der Waals surface area contributed by atoms with Gasteiger partial charge < -0.3 is 15.0 Å². The van der Waals surface area contributed by atoms with E-state index in [2.05, 4.69) is 15.4 Å². The van der Waals surface area contributed by atoms with Gasteiger partial charge in [0.15, 0.2) is 0 Å². The quantitative estimate of drug-likeness (QED) is 0.815. The fraction of sp³-hybridized carbons (Fsp3) is 0.500. The fourth-order valence-corrected chi connectivity index (χ4v) is 2.84. The number of aromatic amines is 1. The Morgan fingerprint density at radius 3 is 2.40 bits per heavy atom. The van der Waals surface area contributed by atoms with E-state index in [1.54, 1.807) is 38.6 Å². The third kappa shape index (κ3) is 3.75. The van der Waals surface area contributed by atoms with E-state index >= 15 is 0 Å². The lowest BCUT2D eigenvalue weighted by atomic mass is 10.1. The number of hydrogen-bond acceptors (Lipinski definition) is 4. The van der Waals surface area contributed by atoms with E-state index in [9.17, 15) is 9.59 Å². The van der Waals surface area contributed by atoms with Crippen LogP contribution in [0.25, 0.3) is 0 Å². The highest BCUT2D eigenvalue weighted by Crippen LogP contribution is 2.21. The van der Waals surface area contributed by atoms with Gasteiger partial charge in [0.25, 0.3) is 5.91 Å². The number of rotatable bonds is 5. The normalized spacial score (nSPS) is 12.3. The maximum absolute atomic E-state index is 12.7. The average Bonchev–Trinajstić information content (AvgIpc) is 2.98. The number of aromatic nitrogens is 3. The van der Waals surface area contributed by atoms with E-state index in [1.807, 2.05) is 20.9 Å². The Balaban J connectivity index is 2.23. The van der Waals surface area contributed by atoms with Crippen molar-refractivity contribution >= 4 is 11.9 Å². The first kappa shape index (κ1) is 18.8.